The van der Waals surface area contributed by atoms with Gasteiger partial charge in [-0.25, -0.2) is 14.4 Å². The van der Waals surface area contributed by atoms with Gasteiger partial charge in [0, 0.05) is 19.9 Å². The Hall–Kier alpha value is -1.72. The summed E-state index contributed by atoms with van der Waals surface area (Å²) in [6.07, 6.45) is 2.76. The summed E-state index contributed by atoms with van der Waals surface area (Å²) in [7, 11) is 0. The summed E-state index contributed by atoms with van der Waals surface area (Å²) in [5.74, 6) is -0.463. The van der Waals surface area contributed by atoms with Crippen LogP contribution in [0.1, 0.15) is 13.3 Å². The van der Waals surface area contributed by atoms with E-state index in [1.54, 1.807) is 4.90 Å². The molecule has 5 nitrogen and oxygen atoms in total. The van der Waals surface area contributed by atoms with Gasteiger partial charge in [-0.05, 0) is 0 Å². The zero-order chi connectivity index (χ0) is 11.5. The molecule has 1 aliphatic rings. The van der Waals surface area contributed by atoms with Crippen molar-refractivity contribution in [3.63, 3.8) is 0 Å². The molecule has 2 heterocycles. The van der Waals surface area contributed by atoms with Crippen LogP contribution in [0.4, 0.5) is 4.39 Å². The first-order chi connectivity index (χ1) is 7.65. The molecule has 16 heavy (non-hydrogen) atoms. The second-order valence-corrected chi connectivity index (χ2v) is 3.68. The number of likely N-dealkylation sites (tertiary alicyclic amines) is 1. The SMILES string of the molecule is CC(=O)N1CC[C@H](Oc2ncc(F)cn2)C1. The third-order valence-electron chi connectivity index (χ3n) is 2.46. The molecule has 1 aromatic rings. The van der Waals surface area contributed by atoms with Crippen LogP contribution in [-0.4, -0.2) is 40.0 Å². The molecule has 6 heteroatoms. The van der Waals surface area contributed by atoms with Crippen molar-refractivity contribution in [3.05, 3.63) is 18.2 Å². The van der Waals surface area contributed by atoms with Gasteiger partial charge in [-0.2, -0.15) is 0 Å². The minimum Gasteiger partial charge on any atom is -0.458 e. The average Bonchev–Trinajstić information content (AvgIpc) is 2.70. The van der Waals surface area contributed by atoms with Gasteiger partial charge in [0.05, 0.1) is 18.9 Å². The fourth-order valence-electron chi connectivity index (χ4n) is 1.62. The Morgan fingerprint density at radius 1 is 1.56 bits per heavy atom. The van der Waals surface area contributed by atoms with E-state index < -0.39 is 5.82 Å². The molecule has 86 valence electrons. The number of aromatic nitrogens is 2. The van der Waals surface area contributed by atoms with Crippen LogP contribution in [0.25, 0.3) is 0 Å². The Labute approximate surface area is 92.3 Å². The van der Waals surface area contributed by atoms with Crippen LogP contribution in [-0.2, 0) is 4.79 Å². The highest BCUT2D eigenvalue weighted by molar-refractivity contribution is 5.73. The van der Waals surface area contributed by atoms with Crippen molar-refractivity contribution >= 4 is 5.91 Å². The maximum absolute atomic E-state index is 12.5. The number of carbonyl (C=O) groups is 1. The van der Waals surface area contributed by atoms with Crippen LogP contribution in [0.3, 0.4) is 0 Å². The minimum atomic E-state index is -0.496. The van der Waals surface area contributed by atoms with Gasteiger partial charge in [0.2, 0.25) is 5.91 Å². The first-order valence-electron chi connectivity index (χ1n) is 5.05. The van der Waals surface area contributed by atoms with E-state index in [-0.39, 0.29) is 18.0 Å². The van der Waals surface area contributed by atoms with Crippen molar-refractivity contribution in [1.82, 2.24) is 14.9 Å². The summed E-state index contributed by atoms with van der Waals surface area (Å²) in [5, 5.41) is 0. The van der Waals surface area contributed by atoms with Crippen molar-refractivity contribution in [2.45, 2.75) is 19.4 Å². The van der Waals surface area contributed by atoms with E-state index in [9.17, 15) is 9.18 Å². The highest BCUT2D eigenvalue weighted by Crippen LogP contribution is 2.14. The predicted molar refractivity (Wildman–Crippen MR) is 53.3 cm³/mol. The van der Waals surface area contributed by atoms with Gasteiger partial charge in [-0.1, -0.05) is 0 Å². The molecule has 2 rings (SSSR count). The lowest BCUT2D eigenvalue weighted by atomic mass is 10.3. The second-order valence-electron chi connectivity index (χ2n) is 3.68. The first kappa shape index (κ1) is 10.8. The molecule has 1 aliphatic heterocycles. The summed E-state index contributed by atoms with van der Waals surface area (Å²) in [4.78, 5) is 20.2. The fourth-order valence-corrected chi connectivity index (χ4v) is 1.62. The standard InChI is InChI=1S/C10H12FN3O2/c1-7(15)14-3-2-9(6-14)16-10-12-4-8(11)5-13-10/h4-5,9H,2-3,6H2,1H3/t9-/m0/s1. The van der Waals surface area contributed by atoms with E-state index in [1.807, 2.05) is 0 Å². The molecule has 1 amide bonds. The van der Waals surface area contributed by atoms with Gasteiger partial charge in [0.1, 0.15) is 6.10 Å². The quantitative estimate of drug-likeness (QED) is 0.740. The molecular formula is C10H12FN3O2. The largest absolute Gasteiger partial charge is 0.458 e. The number of rotatable bonds is 2. The summed E-state index contributed by atoms with van der Waals surface area (Å²) >= 11 is 0. The maximum atomic E-state index is 12.5. The number of hydrogen-bond acceptors (Lipinski definition) is 4. The molecule has 1 atom stereocenters. The fraction of sp³-hybridized carbons (Fsp3) is 0.500. The van der Waals surface area contributed by atoms with Gasteiger partial charge in [-0.3, -0.25) is 4.79 Å². The van der Waals surface area contributed by atoms with Gasteiger partial charge in [0.25, 0.3) is 0 Å². The Kier molecular flexibility index (Phi) is 2.98. The normalized spacial score (nSPS) is 19.9. The Bertz CT molecular complexity index is 382. The summed E-state index contributed by atoms with van der Waals surface area (Å²) < 4.78 is 18.0. The van der Waals surface area contributed by atoms with E-state index in [2.05, 4.69) is 9.97 Å². The topological polar surface area (TPSA) is 55.3 Å². The number of nitrogens with zero attached hydrogens (tertiary/aromatic N) is 3. The van der Waals surface area contributed by atoms with E-state index in [0.29, 0.717) is 13.1 Å². The van der Waals surface area contributed by atoms with Gasteiger partial charge in [0.15, 0.2) is 5.82 Å². The smallest absolute Gasteiger partial charge is 0.316 e. The molecule has 0 aliphatic carbocycles. The summed E-state index contributed by atoms with van der Waals surface area (Å²) in [6.45, 7) is 2.74. The number of ether oxygens (including phenoxy) is 1. The van der Waals surface area contributed by atoms with Crippen molar-refractivity contribution in [3.8, 4) is 6.01 Å². The first-order valence-corrected chi connectivity index (χ1v) is 5.05. The minimum absolute atomic E-state index is 0.0334. The Balaban J connectivity index is 1.92. The third kappa shape index (κ3) is 2.44. The van der Waals surface area contributed by atoms with Gasteiger partial charge in [-0.15, -0.1) is 0 Å². The molecule has 0 bridgehead atoms. The molecule has 1 aromatic heterocycles. The molecular weight excluding hydrogens is 213 g/mol. The summed E-state index contributed by atoms with van der Waals surface area (Å²) in [6, 6.07) is 0.150. The molecule has 0 N–H and O–H groups in total. The van der Waals surface area contributed by atoms with E-state index in [4.69, 9.17) is 4.74 Å². The zero-order valence-corrected chi connectivity index (χ0v) is 8.89. The number of halogens is 1. The average molecular weight is 225 g/mol. The van der Waals surface area contributed by atoms with Gasteiger partial charge >= 0.3 is 6.01 Å². The van der Waals surface area contributed by atoms with Crippen LogP contribution in [0.2, 0.25) is 0 Å². The van der Waals surface area contributed by atoms with E-state index in [1.165, 1.54) is 6.92 Å². The van der Waals surface area contributed by atoms with Crippen LogP contribution >= 0.6 is 0 Å². The third-order valence-corrected chi connectivity index (χ3v) is 2.46. The zero-order valence-electron chi connectivity index (χ0n) is 8.89. The molecule has 1 saturated heterocycles. The molecule has 0 radical (unpaired) electrons. The van der Waals surface area contributed by atoms with Crippen molar-refractivity contribution in [1.29, 1.82) is 0 Å². The van der Waals surface area contributed by atoms with E-state index in [0.717, 1.165) is 18.8 Å². The molecule has 0 unspecified atom stereocenters. The molecule has 0 saturated carbocycles. The second kappa shape index (κ2) is 4.42. The van der Waals surface area contributed by atoms with Crippen molar-refractivity contribution in [2.24, 2.45) is 0 Å². The summed E-state index contributed by atoms with van der Waals surface area (Å²) in [5.41, 5.74) is 0. The highest BCUT2D eigenvalue weighted by atomic mass is 19.1. The van der Waals surface area contributed by atoms with Crippen LogP contribution in [0.15, 0.2) is 12.4 Å². The molecule has 1 fully saturated rings. The monoisotopic (exact) mass is 225 g/mol. The van der Waals surface area contributed by atoms with Gasteiger partial charge < -0.3 is 9.64 Å². The predicted octanol–water partition coefficient (Wildman–Crippen LogP) is 0.615. The Morgan fingerprint density at radius 3 is 2.81 bits per heavy atom. The number of amides is 1. The maximum Gasteiger partial charge on any atom is 0.316 e. The lowest BCUT2D eigenvalue weighted by Gasteiger charge is -2.14. The van der Waals surface area contributed by atoms with Crippen molar-refractivity contribution in [2.75, 3.05) is 13.1 Å². The number of carbonyl (C=O) groups excluding carboxylic acids is 1. The van der Waals surface area contributed by atoms with Crippen molar-refractivity contribution < 1.29 is 13.9 Å². The molecule has 0 aromatic carbocycles. The molecule has 0 spiro atoms. The van der Waals surface area contributed by atoms with Crippen LogP contribution in [0.5, 0.6) is 6.01 Å². The highest BCUT2D eigenvalue weighted by Gasteiger charge is 2.26. The lowest BCUT2D eigenvalue weighted by molar-refractivity contribution is -0.128. The Morgan fingerprint density at radius 2 is 2.25 bits per heavy atom. The van der Waals surface area contributed by atoms with Crippen LogP contribution < -0.4 is 4.74 Å². The lowest BCUT2D eigenvalue weighted by Crippen LogP contribution is -2.28. The van der Waals surface area contributed by atoms with E-state index >= 15 is 0 Å². The van der Waals surface area contributed by atoms with Crippen LogP contribution in [0, 0.1) is 5.82 Å². The number of hydrogen-bond donors (Lipinski definition) is 0.